The highest BCUT2D eigenvalue weighted by atomic mass is 16.5. The van der Waals surface area contributed by atoms with Gasteiger partial charge in [-0.05, 0) is 36.4 Å². The maximum atomic E-state index is 13.6. The minimum Gasteiger partial charge on any atom is -0.494 e. The van der Waals surface area contributed by atoms with Crippen LogP contribution >= 0.6 is 0 Å². The number of piperazine rings is 1. The van der Waals surface area contributed by atoms with E-state index in [2.05, 4.69) is 35.6 Å². The second kappa shape index (κ2) is 9.63. The standard InChI is InChI=1S/C25H25N11O3/c1-15-13-33(25-29-31-32-36(25)17-7-5-4-6-8-17)9-10-34(15)24(38)22(37)18-11-26-21-20(18)19(39-3)12-27-23(21)35-14-28-16(2)30-35/h4-8,11-12,14-15,26H,9-10,13H2,1-3H3/t15-/m1/s1. The molecule has 1 atom stereocenters. The monoisotopic (exact) mass is 527 g/mol. The Balaban J connectivity index is 1.25. The number of amides is 1. The summed E-state index contributed by atoms with van der Waals surface area (Å²) in [5.74, 6) is 0.731. The second-order valence-corrected chi connectivity index (χ2v) is 9.19. The third kappa shape index (κ3) is 4.15. The summed E-state index contributed by atoms with van der Waals surface area (Å²) in [6, 6.07) is 9.32. The lowest BCUT2D eigenvalue weighted by atomic mass is 10.1. The van der Waals surface area contributed by atoms with E-state index in [0.717, 1.165) is 5.69 Å². The number of anilines is 1. The van der Waals surface area contributed by atoms with Gasteiger partial charge in [0, 0.05) is 31.9 Å². The molecule has 1 fully saturated rings. The normalized spacial score (nSPS) is 15.6. The highest BCUT2D eigenvalue weighted by molar-refractivity contribution is 6.45. The minimum absolute atomic E-state index is 0.204. The van der Waals surface area contributed by atoms with Crippen LogP contribution in [-0.4, -0.2) is 94.3 Å². The van der Waals surface area contributed by atoms with Gasteiger partial charge in [0.05, 0.1) is 35.5 Å². The van der Waals surface area contributed by atoms with Crippen LogP contribution in [-0.2, 0) is 4.79 Å². The number of carbonyl (C=O) groups excluding carboxylic acids is 2. The van der Waals surface area contributed by atoms with E-state index in [-0.39, 0.29) is 11.6 Å². The van der Waals surface area contributed by atoms with Crippen molar-refractivity contribution in [3.8, 4) is 17.3 Å². The van der Waals surface area contributed by atoms with Gasteiger partial charge in [0.25, 0.3) is 17.6 Å². The molecular weight excluding hydrogens is 502 g/mol. The number of para-hydroxylation sites is 1. The van der Waals surface area contributed by atoms with E-state index in [0.29, 0.717) is 53.9 Å². The molecule has 198 valence electrons. The molecule has 1 saturated heterocycles. The maximum Gasteiger partial charge on any atom is 0.295 e. The van der Waals surface area contributed by atoms with Gasteiger partial charge in [-0.25, -0.2) is 14.6 Å². The van der Waals surface area contributed by atoms with Crippen LogP contribution in [0.1, 0.15) is 23.1 Å². The summed E-state index contributed by atoms with van der Waals surface area (Å²) in [7, 11) is 1.49. The van der Waals surface area contributed by atoms with E-state index in [9.17, 15) is 9.59 Å². The molecule has 1 aliphatic rings. The average Bonchev–Trinajstić information content (AvgIpc) is 3.72. The SMILES string of the molecule is COc1cnc(-n2cnc(C)n2)c2[nH]cc(C(=O)C(=O)N3CCN(c4nnnn4-c4ccccc4)C[C@H]3C)c12. The molecule has 1 aliphatic heterocycles. The molecule has 1 N–H and O–H groups in total. The van der Waals surface area contributed by atoms with Crippen molar-refractivity contribution in [3.05, 3.63) is 60.4 Å². The Kier molecular flexibility index (Phi) is 5.98. The lowest BCUT2D eigenvalue weighted by Gasteiger charge is -2.39. The summed E-state index contributed by atoms with van der Waals surface area (Å²) in [6.07, 6.45) is 4.55. The first-order valence-corrected chi connectivity index (χ1v) is 12.3. The Morgan fingerprint density at radius 3 is 2.67 bits per heavy atom. The van der Waals surface area contributed by atoms with Crippen molar-refractivity contribution in [1.29, 1.82) is 0 Å². The van der Waals surface area contributed by atoms with Gasteiger partial charge >= 0.3 is 0 Å². The van der Waals surface area contributed by atoms with Gasteiger partial charge in [-0.1, -0.05) is 23.3 Å². The van der Waals surface area contributed by atoms with Crippen LogP contribution in [0.25, 0.3) is 22.4 Å². The van der Waals surface area contributed by atoms with Crippen molar-refractivity contribution < 1.29 is 14.3 Å². The zero-order valence-corrected chi connectivity index (χ0v) is 21.5. The van der Waals surface area contributed by atoms with Crippen molar-refractivity contribution in [2.75, 3.05) is 31.6 Å². The van der Waals surface area contributed by atoms with Crippen molar-refractivity contribution in [2.45, 2.75) is 19.9 Å². The van der Waals surface area contributed by atoms with Gasteiger partial charge in [0.2, 0.25) is 0 Å². The first-order chi connectivity index (χ1) is 19.0. The molecule has 0 aliphatic carbocycles. The molecule has 4 aromatic heterocycles. The molecule has 14 nitrogen and oxygen atoms in total. The summed E-state index contributed by atoms with van der Waals surface area (Å²) in [5.41, 5.74) is 1.55. The van der Waals surface area contributed by atoms with Crippen LogP contribution in [0, 0.1) is 6.92 Å². The van der Waals surface area contributed by atoms with Crippen molar-refractivity contribution in [3.63, 3.8) is 0 Å². The van der Waals surface area contributed by atoms with Crippen LogP contribution in [0.5, 0.6) is 5.75 Å². The maximum absolute atomic E-state index is 13.6. The molecule has 6 rings (SSSR count). The van der Waals surface area contributed by atoms with Crippen LogP contribution in [0.2, 0.25) is 0 Å². The number of ether oxygens (including phenoxy) is 1. The molecule has 1 amide bonds. The van der Waals surface area contributed by atoms with E-state index in [1.165, 1.54) is 30.5 Å². The van der Waals surface area contributed by atoms with E-state index >= 15 is 0 Å². The Bertz CT molecular complexity index is 1670. The van der Waals surface area contributed by atoms with Crippen molar-refractivity contribution in [1.82, 2.24) is 49.8 Å². The number of pyridine rings is 1. The Morgan fingerprint density at radius 2 is 1.95 bits per heavy atom. The molecular formula is C25H25N11O3. The molecule has 0 saturated carbocycles. The van der Waals surface area contributed by atoms with Crippen molar-refractivity contribution in [2.24, 2.45) is 0 Å². The number of methoxy groups -OCH3 is 1. The van der Waals surface area contributed by atoms with E-state index in [4.69, 9.17) is 4.74 Å². The number of Topliss-reactive ketones (excluding diaryl/α,β-unsaturated/α-hetero) is 1. The lowest BCUT2D eigenvalue weighted by Crippen LogP contribution is -2.56. The molecule has 14 heteroatoms. The fourth-order valence-corrected chi connectivity index (χ4v) is 4.86. The summed E-state index contributed by atoms with van der Waals surface area (Å²) < 4.78 is 8.66. The number of hydrogen-bond acceptors (Lipinski definition) is 10. The number of benzene rings is 1. The molecule has 39 heavy (non-hydrogen) atoms. The average molecular weight is 528 g/mol. The third-order valence-electron chi connectivity index (χ3n) is 6.76. The number of nitrogens with zero attached hydrogens (tertiary/aromatic N) is 10. The smallest absolute Gasteiger partial charge is 0.295 e. The lowest BCUT2D eigenvalue weighted by molar-refractivity contribution is -0.128. The zero-order valence-electron chi connectivity index (χ0n) is 21.5. The molecule has 5 aromatic rings. The third-order valence-corrected chi connectivity index (χ3v) is 6.76. The van der Waals surface area contributed by atoms with Gasteiger partial charge < -0.3 is 19.5 Å². The number of ketones is 1. The molecule has 0 radical (unpaired) electrons. The largest absolute Gasteiger partial charge is 0.494 e. The number of fused-ring (bicyclic) bond motifs is 1. The van der Waals surface area contributed by atoms with Gasteiger partial charge in [0.15, 0.2) is 5.82 Å². The second-order valence-electron chi connectivity index (χ2n) is 9.19. The number of aromatic nitrogens is 9. The Labute approximate surface area is 222 Å². The first kappa shape index (κ1) is 24.2. The Hall–Kier alpha value is -5.14. The summed E-state index contributed by atoms with van der Waals surface area (Å²) >= 11 is 0. The van der Waals surface area contributed by atoms with Crippen LogP contribution in [0.15, 0.2) is 49.1 Å². The highest BCUT2D eigenvalue weighted by Gasteiger charge is 2.35. The van der Waals surface area contributed by atoms with Gasteiger partial charge in [-0.3, -0.25) is 9.59 Å². The Morgan fingerprint density at radius 1 is 1.13 bits per heavy atom. The quantitative estimate of drug-likeness (QED) is 0.253. The van der Waals surface area contributed by atoms with Gasteiger partial charge in [0.1, 0.15) is 17.9 Å². The van der Waals surface area contributed by atoms with Crippen LogP contribution in [0.4, 0.5) is 5.95 Å². The number of H-pyrrole nitrogens is 1. The number of rotatable bonds is 6. The summed E-state index contributed by atoms with van der Waals surface area (Å²) in [6.45, 7) is 4.93. The summed E-state index contributed by atoms with van der Waals surface area (Å²) in [5, 5.41) is 17.0. The van der Waals surface area contributed by atoms with Crippen LogP contribution < -0.4 is 9.64 Å². The molecule has 0 spiro atoms. The summed E-state index contributed by atoms with van der Waals surface area (Å²) in [4.78, 5) is 42.3. The molecule has 0 bridgehead atoms. The fourth-order valence-electron chi connectivity index (χ4n) is 4.86. The number of tetrazole rings is 1. The van der Waals surface area contributed by atoms with E-state index in [1.807, 2.05) is 42.2 Å². The predicted molar refractivity (Wildman–Crippen MR) is 139 cm³/mol. The van der Waals surface area contributed by atoms with Crippen molar-refractivity contribution >= 4 is 28.5 Å². The number of aromatic amines is 1. The minimum atomic E-state index is -0.638. The van der Waals surface area contributed by atoms with Gasteiger partial charge in [-0.2, -0.15) is 9.78 Å². The number of aryl methyl sites for hydroxylation is 1. The number of nitrogens with one attached hydrogen (secondary N) is 1. The van der Waals surface area contributed by atoms with Gasteiger partial charge in [-0.15, -0.1) is 0 Å². The highest BCUT2D eigenvalue weighted by Crippen LogP contribution is 2.32. The fraction of sp³-hybridized carbons (Fsp3) is 0.280. The zero-order chi connectivity index (χ0) is 27.1. The number of carbonyl (C=O) groups is 2. The number of hydrogen-bond donors (Lipinski definition) is 1. The van der Waals surface area contributed by atoms with E-state index in [1.54, 1.807) is 16.5 Å². The topological polar surface area (TPSA) is 153 Å². The first-order valence-electron chi connectivity index (χ1n) is 12.3. The molecule has 1 aromatic carbocycles. The molecule has 5 heterocycles. The van der Waals surface area contributed by atoms with E-state index < -0.39 is 11.7 Å². The predicted octanol–water partition coefficient (Wildman–Crippen LogP) is 1.36. The van der Waals surface area contributed by atoms with Crippen LogP contribution in [0.3, 0.4) is 0 Å². The molecule has 0 unspecified atom stereocenters.